The van der Waals surface area contributed by atoms with E-state index in [4.69, 9.17) is 0 Å². The van der Waals surface area contributed by atoms with Crippen LogP contribution in [0.25, 0.3) is 0 Å². The van der Waals surface area contributed by atoms with Crippen molar-refractivity contribution in [2.45, 2.75) is 26.7 Å². The molecule has 0 atom stereocenters. The van der Waals surface area contributed by atoms with E-state index >= 15 is 0 Å². The molecule has 0 rings (SSSR count). The minimum absolute atomic E-state index is 0. The molecule has 0 aromatic rings. The maximum absolute atomic E-state index is 10.4. The van der Waals surface area contributed by atoms with Crippen LogP contribution in [0.3, 0.4) is 0 Å². The van der Waals surface area contributed by atoms with Crippen molar-refractivity contribution in [1.29, 1.82) is 0 Å². The van der Waals surface area contributed by atoms with Gasteiger partial charge in [0.2, 0.25) is 0 Å². The molecule has 0 aromatic heterocycles. The van der Waals surface area contributed by atoms with E-state index in [1.807, 2.05) is 6.92 Å². The molecule has 0 aliphatic rings. The molecule has 0 aromatic carbocycles. The van der Waals surface area contributed by atoms with Crippen molar-refractivity contribution in [3.8, 4) is 0 Å². The van der Waals surface area contributed by atoms with E-state index in [9.17, 15) is 9.59 Å². The van der Waals surface area contributed by atoms with E-state index in [1.54, 1.807) is 0 Å². The topological polar surface area (TPSA) is 34.1 Å². The molecule has 50 valence electrons. The largest absolute Gasteiger partial charge is 2.00 e. The summed E-state index contributed by atoms with van der Waals surface area (Å²) in [5, 5.41) is 0. The molecule has 0 aliphatic carbocycles. The SMILES string of the molecule is CCCC(=O)C(C)=O.[Ca+2].[H-].[H-]. The van der Waals surface area contributed by atoms with E-state index in [1.165, 1.54) is 6.92 Å². The first kappa shape index (κ1) is 12.3. The fourth-order valence-corrected chi connectivity index (χ4v) is 0.403. The van der Waals surface area contributed by atoms with Gasteiger partial charge in [-0.25, -0.2) is 0 Å². The Labute approximate surface area is 88.0 Å². The van der Waals surface area contributed by atoms with E-state index < -0.39 is 0 Å². The van der Waals surface area contributed by atoms with Crippen molar-refractivity contribution >= 4 is 49.3 Å². The number of carbonyl (C=O) groups excluding carboxylic acids is 2. The van der Waals surface area contributed by atoms with Gasteiger partial charge in [0, 0.05) is 13.3 Å². The summed E-state index contributed by atoms with van der Waals surface area (Å²) in [7, 11) is 0. The second kappa shape index (κ2) is 6.72. The van der Waals surface area contributed by atoms with Crippen LogP contribution in [0.4, 0.5) is 0 Å². The summed E-state index contributed by atoms with van der Waals surface area (Å²) in [5.41, 5.74) is 0. The maximum Gasteiger partial charge on any atom is 2.00 e. The molecule has 0 fully saturated rings. The van der Waals surface area contributed by atoms with E-state index in [0.29, 0.717) is 6.42 Å². The standard InChI is InChI=1S/C6H10O2.Ca.2H/c1-3-4-6(8)5(2)7;;;/h3-4H2,1-2H3;;;/q;+2;2*-1. The molecule has 0 saturated carbocycles. The summed E-state index contributed by atoms with van der Waals surface area (Å²) in [6, 6.07) is 0. The maximum atomic E-state index is 10.4. The van der Waals surface area contributed by atoms with Crippen LogP contribution in [0.1, 0.15) is 29.5 Å². The van der Waals surface area contributed by atoms with Gasteiger partial charge in [-0.2, -0.15) is 0 Å². The first-order valence-electron chi connectivity index (χ1n) is 2.72. The Hall–Kier alpha value is 0.600. The molecular formula is C6H12CaO2. The van der Waals surface area contributed by atoms with Gasteiger partial charge in [0.25, 0.3) is 0 Å². The molecule has 0 saturated heterocycles. The normalized spacial score (nSPS) is 7.78. The molecule has 0 amide bonds. The fourth-order valence-electron chi connectivity index (χ4n) is 0.403. The Kier molecular flexibility index (Phi) is 9.17. The Morgan fingerprint density at radius 3 is 2.00 bits per heavy atom. The van der Waals surface area contributed by atoms with Gasteiger partial charge in [-0.15, -0.1) is 0 Å². The van der Waals surface area contributed by atoms with Crippen LogP contribution in [-0.4, -0.2) is 49.3 Å². The van der Waals surface area contributed by atoms with Gasteiger partial charge in [0.1, 0.15) is 0 Å². The molecule has 0 heterocycles. The van der Waals surface area contributed by atoms with Gasteiger partial charge in [0.15, 0.2) is 11.6 Å². The van der Waals surface area contributed by atoms with E-state index in [0.717, 1.165) is 6.42 Å². The number of ketones is 2. The number of hydrogen-bond donors (Lipinski definition) is 0. The van der Waals surface area contributed by atoms with Gasteiger partial charge in [-0.1, -0.05) is 6.92 Å². The fraction of sp³-hybridized carbons (Fsp3) is 0.667. The molecule has 2 nitrogen and oxygen atoms in total. The minimum Gasteiger partial charge on any atom is -1.00 e. The number of Topliss-reactive ketones (excluding diaryl/α,β-unsaturated/α-hetero) is 2. The van der Waals surface area contributed by atoms with Gasteiger partial charge in [-0.3, -0.25) is 9.59 Å². The Balaban J connectivity index is -0.0000000817. The van der Waals surface area contributed by atoms with Crippen LogP contribution in [0.5, 0.6) is 0 Å². The number of rotatable bonds is 3. The molecule has 0 bridgehead atoms. The third kappa shape index (κ3) is 6.49. The summed E-state index contributed by atoms with van der Waals surface area (Å²) in [5.74, 6) is -0.584. The number of carbonyl (C=O) groups is 2. The molecule has 3 heteroatoms. The zero-order chi connectivity index (χ0) is 6.57. The first-order chi connectivity index (χ1) is 3.68. The van der Waals surface area contributed by atoms with Gasteiger partial charge in [-0.05, 0) is 6.42 Å². The van der Waals surface area contributed by atoms with Crippen LogP contribution >= 0.6 is 0 Å². The van der Waals surface area contributed by atoms with Crippen LogP contribution < -0.4 is 0 Å². The monoisotopic (exact) mass is 156 g/mol. The van der Waals surface area contributed by atoms with Gasteiger partial charge < -0.3 is 2.85 Å². The first-order valence-corrected chi connectivity index (χ1v) is 2.72. The Morgan fingerprint density at radius 2 is 1.89 bits per heavy atom. The van der Waals surface area contributed by atoms with E-state index in [-0.39, 0.29) is 52.2 Å². The van der Waals surface area contributed by atoms with Crippen molar-refractivity contribution in [1.82, 2.24) is 0 Å². The summed E-state index contributed by atoms with van der Waals surface area (Å²) in [6.45, 7) is 3.18. The van der Waals surface area contributed by atoms with Gasteiger partial charge >= 0.3 is 37.7 Å². The average Bonchev–Trinajstić information content (AvgIpc) is 1.67. The summed E-state index contributed by atoms with van der Waals surface area (Å²) in [6.07, 6.45) is 1.16. The van der Waals surface area contributed by atoms with Crippen molar-refractivity contribution in [2.75, 3.05) is 0 Å². The average molecular weight is 156 g/mol. The molecule has 0 spiro atoms. The molecule has 0 aliphatic heterocycles. The van der Waals surface area contributed by atoms with Crippen LogP contribution in [0.2, 0.25) is 0 Å². The molecule has 0 N–H and O–H groups in total. The number of hydrogen-bond acceptors (Lipinski definition) is 2. The molecular weight excluding hydrogens is 144 g/mol. The van der Waals surface area contributed by atoms with Crippen molar-refractivity contribution in [2.24, 2.45) is 0 Å². The molecule has 0 unspecified atom stereocenters. The summed E-state index contributed by atoms with van der Waals surface area (Å²) < 4.78 is 0. The summed E-state index contributed by atoms with van der Waals surface area (Å²) >= 11 is 0. The zero-order valence-electron chi connectivity index (χ0n) is 7.94. The minimum atomic E-state index is -0.327. The van der Waals surface area contributed by atoms with Crippen LogP contribution in [-0.2, 0) is 9.59 Å². The third-order valence-electron chi connectivity index (χ3n) is 0.870. The van der Waals surface area contributed by atoms with Crippen molar-refractivity contribution < 1.29 is 12.4 Å². The van der Waals surface area contributed by atoms with Crippen LogP contribution in [0, 0.1) is 0 Å². The van der Waals surface area contributed by atoms with E-state index in [2.05, 4.69) is 0 Å². The Morgan fingerprint density at radius 1 is 1.44 bits per heavy atom. The molecule has 9 heavy (non-hydrogen) atoms. The third-order valence-corrected chi connectivity index (χ3v) is 0.870. The zero-order valence-corrected chi connectivity index (χ0v) is 8.15. The summed E-state index contributed by atoms with van der Waals surface area (Å²) in [4.78, 5) is 20.6. The second-order valence-electron chi connectivity index (χ2n) is 1.73. The van der Waals surface area contributed by atoms with Crippen LogP contribution in [0.15, 0.2) is 0 Å². The Bertz CT molecular complexity index is 117. The predicted octanol–water partition coefficient (Wildman–Crippen LogP) is 0.789. The smallest absolute Gasteiger partial charge is 1.00 e. The van der Waals surface area contributed by atoms with Gasteiger partial charge in [0.05, 0.1) is 0 Å². The second-order valence-corrected chi connectivity index (χ2v) is 1.73. The predicted molar refractivity (Wildman–Crippen MR) is 38.6 cm³/mol. The quantitative estimate of drug-likeness (QED) is 0.447. The molecule has 0 radical (unpaired) electrons. The van der Waals surface area contributed by atoms with Crippen molar-refractivity contribution in [3.05, 3.63) is 0 Å². The van der Waals surface area contributed by atoms with Crippen molar-refractivity contribution in [3.63, 3.8) is 0 Å².